The molecule has 0 bridgehead atoms. The number of esters is 2. The number of hydrogen-bond acceptors (Lipinski definition) is 7. The predicted molar refractivity (Wildman–Crippen MR) is 138 cm³/mol. The smallest absolute Gasteiger partial charge is 0.357 e. The number of hydrogen-bond donors (Lipinski definition) is 0. The van der Waals surface area contributed by atoms with Crippen molar-refractivity contribution in [3.05, 3.63) is 40.6 Å². The first-order valence-electron chi connectivity index (χ1n) is 13.6. The van der Waals surface area contributed by atoms with Gasteiger partial charge in [-0.2, -0.15) is 0 Å². The van der Waals surface area contributed by atoms with Gasteiger partial charge in [0.15, 0.2) is 5.70 Å². The van der Waals surface area contributed by atoms with Crippen molar-refractivity contribution < 1.29 is 23.9 Å². The fraction of sp³-hybridized carbons (Fsp3) is 0.586. The Morgan fingerprint density at radius 1 is 1.05 bits per heavy atom. The summed E-state index contributed by atoms with van der Waals surface area (Å²) in [4.78, 5) is 48.7. The molecule has 3 aliphatic heterocycles. The standard InChI is InChI=1S/C29H35N3O5/c1-31-21-12-11-19(18-9-10-18)15-20(21)29-14-13-22(33)32(16-17-7-5-4-6-8-17)28(29)30-24(27(35)37-3)23(25(29)31)26(34)36-2/h11-12,15,17-18,25H,4-10,13-14,16H2,1-3H3/t25?,29-/m0/s1. The summed E-state index contributed by atoms with van der Waals surface area (Å²) in [6.07, 6.45) is 8.99. The normalized spacial score (nSPS) is 27.4. The Labute approximate surface area is 217 Å². The molecule has 1 saturated heterocycles. The highest BCUT2D eigenvalue weighted by atomic mass is 16.5. The van der Waals surface area contributed by atoms with Crippen LogP contribution in [0.5, 0.6) is 0 Å². The van der Waals surface area contributed by atoms with Gasteiger partial charge in [0.2, 0.25) is 5.91 Å². The van der Waals surface area contributed by atoms with Crippen molar-refractivity contribution in [1.82, 2.24) is 4.90 Å². The van der Waals surface area contributed by atoms with Crippen molar-refractivity contribution in [2.75, 3.05) is 32.7 Å². The number of ether oxygens (including phenoxy) is 2. The lowest BCUT2D eigenvalue weighted by Gasteiger charge is -2.49. The zero-order chi connectivity index (χ0) is 25.9. The molecule has 1 aromatic carbocycles. The number of rotatable bonds is 5. The van der Waals surface area contributed by atoms with Gasteiger partial charge in [0.05, 0.1) is 31.2 Å². The van der Waals surface area contributed by atoms with E-state index in [2.05, 4.69) is 23.1 Å². The first-order valence-corrected chi connectivity index (χ1v) is 13.6. The van der Waals surface area contributed by atoms with Gasteiger partial charge in [-0.05, 0) is 61.1 Å². The Hall–Kier alpha value is -3.16. The van der Waals surface area contributed by atoms with Gasteiger partial charge in [0, 0.05) is 25.7 Å². The average molecular weight is 506 g/mol. The molecule has 1 unspecified atom stereocenters. The van der Waals surface area contributed by atoms with Gasteiger partial charge in [-0.15, -0.1) is 0 Å². The molecule has 1 spiro atoms. The van der Waals surface area contributed by atoms with Crippen molar-refractivity contribution >= 4 is 29.4 Å². The summed E-state index contributed by atoms with van der Waals surface area (Å²) in [6.45, 7) is 0.593. The fourth-order valence-electron chi connectivity index (χ4n) is 7.21. The second-order valence-electron chi connectivity index (χ2n) is 11.2. The molecule has 196 valence electrons. The third-order valence-corrected chi connectivity index (χ3v) is 9.17. The number of likely N-dealkylation sites (tertiary alicyclic amines) is 1. The van der Waals surface area contributed by atoms with Gasteiger partial charge in [-0.1, -0.05) is 31.4 Å². The van der Waals surface area contributed by atoms with Crippen LogP contribution in [0.25, 0.3) is 0 Å². The molecule has 2 atom stereocenters. The van der Waals surface area contributed by atoms with Crippen LogP contribution in [0.2, 0.25) is 0 Å². The van der Waals surface area contributed by atoms with Crippen LogP contribution >= 0.6 is 0 Å². The van der Waals surface area contributed by atoms with E-state index >= 15 is 0 Å². The van der Waals surface area contributed by atoms with Gasteiger partial charge in [-0.3, -0.25) is 9.69 Å². The van der Waals surface area contributed by atoms with E-state index in [1.165, 1.54) is 51.9 Å². The highest BCUT2D eigenvalue weighted by molar-refractivity contribution is 6.15. The molecule has 2 aliphatic carbocycles. The molecular weight excluding hydrogens is 470 g/mol. The fourth-order valence-corrected chi connectivity index (χ4v) is 7.21. The zero-order valence-corrected chi connectivity index (χ0v) is 21.9. The van der Waals surface area contributed by atoms with Crippen LogP contribution in [0.3, 0.4) is 0 Å². The van der Waals surface area contributed by atoms with Crippen molar-refractivity contribution in [2.24, 2.45) is 10.9 Å². The molecule has 5 aliphatic rings. The van der Waals surface area contributed by atoms with E-state index in [1.54, 1.807) is 0 Å². The number of aliphatic imine (C=N–C) groups is 1. The molecule has 8 heteroatoms. The van der Waals surface area contributed by atoms with Crippen molar-refractivity contribution in [3.63, 3.8) is 0 Å². The van der Waals surface area contributed by atoms with E-state index in [1.807, 2.05) is 11.9 Å². The minimum absolute atomic E-state index is 0.0360. The van der Waals surface area contributed by atoms with E-state index in [9.17, 15) is 14.4 Å². The Morgan fingerprint density at radius 2 is 1.78 bits per heavy atom. The number of likely N-dealkylation sites (N-methyl/N-ethyl adjacent to an activating group) is 1. The molecule has 8 nitrogen and oxygen atoms in total. The zero-order valence-electron chi connectivity index (χ0n) is 21.9. The molecule has 0 aromatic heterocycles. The van der Waals surface area contributed by atoms with Gasteiger partial charge in [-0.25, -0.2) is 14.6 Å². The van der Waals surface area contributed by atoms with Crippen LogP contribution in [0.1, 0.15) is 74.8 Å². The van der Waals surface area contributed by atoms with Crippen molar-refractivity contribution in [1.29, 1.82) is 0 Å². The number of nitrogens with zero attached hydrogens (tertiary/aromatic N) is 3. The van der Waals surface area contributed by atoms with Gasteiger partial charge in [0.1, 0.15) is 5.84 Å². The molecule has 1 aromatic rings. The summed E-state index contributed by atoms with van der Waals surface area (Å²) in [7, 11) is 4.56. The third-order valence-electron chi connectivity index (χ3n) is 9.17. The monoisotopic (exact) mass is 505 g/mol. The number of fused-ring (bicyclic) bond motifs is 1. The topological polar surface area (TPSA) is 88.5 Å². The Morgan fingerprint density at radius 3 is 2.46 bits per heavy atom. The molecule has 3 heterocycles. The molecule has 0 radical (unpaired) electrons. The van der Waals surface area contributed by atoms with Crippen LogP contribution in [0, 0.1) is 5.92 Å². The SMILES string of the molecule is COC(=O)C1=C(C(=O)OC)C2N(C)c3ccc(C4CC4)cc3[C@@]23CCC(=O)N(CC2CCCCC2)C3=N1. The van der Waals surface area contributed by atoms with Crippen molar-refractivity contribution in [2.45, 2.75) is 75.2 Å². The summed E-state index contributed by atoms with van der Waals surface area (Å²) >= 11 is 0. The second-order valence-corrected chi connectivity index (χ2v) is 11.2. The number of benzene rings is 1. The van der Waals surface area contributed by atoms with E-state index in [0.717, 1.165) is 24.1 Å². The predicted octanol–water partition coefficient (Wildman–Crippen LogP) is 3.84. The maximum atomic E-state index is 13.5. The summed E-state index contributed by atoms with van der Waals surface area (Å²) in [5.41, 5.74) is 2.81. The number of carbonyl (C=O) groups excluding carboxylic acids is 3. The number of amidine groups is 1. The lowest BCUT2D eigenvalue weighted by atomic mass is 9.65. The Bertz CT molecular complexity index is 1230. The lowest BCUT2D eigenvalue weighted by Crippen LogP contribution is -2.63. The number of anilines is 1. The molecular formula is C29H35N3O5. The highest BCUT2D eigenvalue weighted by Gasteiger charge is 2.62. The van der Waals surface area contributed by atoms with Crippen LogP contribution in [-0.4, -0.2) is 62.4 Å². The maximum Gasteiger partial charge on any atom is 0.357 e. The quantitative estimate of drug-likeness (QED) is 0.565. The van der Waals surface area contributed by atoms with Gasteiger partial charge >= 0.3 is 11.9 Å². The van der Waals surface area contributed by atoms with E-state index < -0.39 is 23.4 Å². The van der Waals surface area contributed by atoms with E-state index in [0.29, 0.717) is 37.1 Å². The first kappa shape index (κ1) is 24.2. The Balaban J connectivity index is 1.58. The molecule has 37 heavy (non-hydrogen) atoms. The molecule has 0 N–H and O–H groups in total. The summed E-state index contributed by atoms with van der Waals surface area (Å²) in [6, 6.07) is 6.05. The minimum Gasteiger partial charge on any atom is -0.466 e. The number of carbonyl (C=O) groups is 3. The van der Waals surface area contributed by atoms with Crippen molar-refractivity contribution in [3.8, 4) is 0 Å². The van der Waals surface area contributed by atoms with Gasteiger partial charge in [0.25, 0.3) is 0 Å². The van der Waals surface area contributed by atoms with Crippen LogP contribution < -0.4 is 4.90 Å². The Kier molecular flexibility index (Phi) is 5.88. The molecule has 3 fully saturated rings. The van der Waals surface area contributed by atoms with E-state index in [-0.39, 0.29) is 17.2 Å². The lowest BCUT2D eigenvalue weighted by molar-refractivity contribution is -0.140. The van der Waals surface area contributed by atoms with Gasteiger partial charge < -0.3 is 14.4 Å². The number of piperidine rings is 1. The largest absolute Gasteiger partial charge is 0.466 e. The molecule has 6 rings (SSSR count). The molecule has 1 amide bonds. The van der Waals surface area contributed by atoms with Crippen LogP contribution in [0.4, 0.5) is 5.69 Å². The average Bonchev–Trinajstić information content (AvgIpc) is 3.75. The second kappa shape index (κ2) is 8.99. The summed E-state index contributed by atoms with van der Waals surface area (Å²) < 4.78 is 10.3. The van der Waals surface area contributed by atoms with Crippen LogP contribution in [-0.2, 0) is 29.3 Å². The van der Waals surface area contributed by atoms with Crippen LogP contribution in [0.15, 0.2) is 34.5 Å². The number of methoxy groups -OCH3 is 2. The number of amides is 1. The third kappa shape index (κ3) is 3.62. The highest BCUT2D eigenvalue weighted by Crippen LogP contribution is 2.57. The summed E-state index contributed by atoms with van der Waals surface area (Å²) in [5.74, 6) is 0.295. The summed E-state index contributed by atoms with van der Waals surface area (Å²) in [5, 5.41) is 0. The minimum atomic E-state index is -0.724. The maximum absolute atomic E-state index is 13.5. The first-order chi connectivity index (χ1) is 17.9. The molecule has 2 saturated carbocycles. The van der Waals surface area contributed by atoms with E-state index in [4.69, 9.17) is 14.5 Å².